The zero-order valence-corrected chi connectivity index (χ0v) is 13.0. The quantitative estimate of drug-likeness (QED) is 0.901. The van der Waals surface area contributed by atoms with Gasteiger partial charge in [0, 0.05) is 18.5 Å². The average Bonchev–Trinajstić information content (AvgIpc) is 2.84. The van der Waals surface area contributed by atoms with Crippen molar-refractivity contribution in [3.05, 3.63) is 59.2 Å². The second-order valence-corrected chi connectivity index (χ2v) is 5.40. The molecule has 1 heterocycles. The number of fused-ring (bicyclic) bond motifs is 1. The molecule has 1 aliphatic rings. The van der Waals surface area contributed by atoms with Gasteiger partial charge in [-0.15, -0.1) is 0 Å². The highest BCUT2D eigenvalue weighted by Gasteiger charge is 2.14. The molecule has 1 amide bonds. The summed E-state index contributed by atoms with van der Waals surface area (Å²) in [5.74, 6) is 0.0185. The Bertz CT molecular complexity index is 755. The van der Waals surface area contributed by atoms with Gasteiger partial charge in [-0.2, -0.15) is 0 Å². The lowest BCUT2D eigenvalue weighted by Crippen LogP contribution is -2.22. The minimum absolute atomic E-state index is 0.216. The van der Waals surface area contributed by atoms with Gasteiger partial charge in [0.05, 0.1) is 18.8 Å². The highest BCUT2D eigenvalue weighted by molar-refractivity contribution is 5.94. The normalized spacial score (nSPS) is 13.0. The number of hydrogen-bond donors (Lipinski definition) is 2. The molecule has 0 aliphatic carbocycles. The Balaban J connectivity index is 1.64. The van der Waals surface area contributed by atoms with Gasteiger partial charge in [-0.05, 0) is 35.9 Å². The number of hydrogen-bond acceptors (Lipinski definition) is 4. The second kappa shape index (κ2) is 7.04. The van der Waals surface area contributed by atoms with Crippen LogP contribution in [0.3, 0.4) is 0 Å². The van der Waals surface area contributed by atoms with Gasteiger partial charge < -0.3 is 19.9 Å². The van der Waals surface area contributed by atoms with Crippen LogP contribution < -0.4 is 14.8 Å². The van der Waals surface area contributed by atoms with Gasteiger partial charge in [-0.3, -0.25) is 4.79 Å². The molecule has 3 rings (SSSR count). The lowest BCUT2D eigenvalue weighted by atomic mass is 10.1. The van der Waals surface area contributed by atoms with Gasteiger partial charge in [-0.1, -0.05) is 12.1 Å². The Morgan fingerprint density at radius 3 is 2.33 bits per heavy atom. The molecule has 6 nitrogen and oxygen atoms in total. The molecule has 24 heavy (non-hydrogen) atoms. The highest BCUT2D eigenvalue weighted by atomic mass is 16.5. The molecule has 124 valence electrons. The molecule has 0 bridgehead atoms. The SMILES string of the molecule is O=C(O)c1ccc(CNC(=O)c2ccc3c(c2)OCCCO3)cc1. The summed E-state index contributed by atoms with van der Waals surface area (Å²) in [6.07, 6.45) is 0.808. The second-order valence-electron chi connectivity index (χ2n) is 5.40. The van der Waals surface area contributed by atoms with E-state index >= 15 is 0 Å². The van der Waals surface area contributed by atoms with E-state index in [1.165, 1.54) is 12.1 Å². The fraction of sp³-hybridized carbons (Fsp3) is 0.222. The van der Waals surface area contributed by atoms with E-state index in [2.05, 4.69) is 5.32 Å². The van der Waals surface area contributed by atoms with Crippen LogP contribution in [0.5, 0.6) is 11.5 Å². The van der Waals surface area contributed by atoms with E-state index in [1.54, 1.807) is 30.3 Å². The van der Waals surface area contributed by atoms with Crippen molar-refractivity contribution in [2.45, 2.75) is 13.0 Å². The lowest BCUT2D eigenvalue weighted by molar-refractivity contribution is 0.0696. The molecular weight excluding hydrogens is 310 g/mol. The molecule has 0 radical (unpaired) electrons. The Morgan fingerprint density at radius 2 is 1.62 bits per heavy atom. The summed E-state index contributed by atoms with van der Waals surface area (Å²) in [5, 5.41) is 11.7. The molecule has 0 aromatic heterocycles. The van der Waals surface area contributed by atoms with Gasteiger partial charge in [0.2, 0.25) is 0 Å². The number of carbonyl (C=O) groups is 2. The fourth-order valence-electron chi connectivity index (χ4n) is 2.35. The van der Waals surface area contributed by atoms with Gasteiger partial charge in [0.25, 0.3) is 5.91 Å². The molecule has 6 heteroatoms. The maximum atomic E-state index is 12.3. The molecule has 2 aromatic carbocycles. The molecule has 0 fully saturated rings. The predicted octanol–water partition coefficient (Wildman–Crippen LogP) is 2.48. The van der Waals surface area contributed by atoms with Crippen LogP contribution in [0.1, 0.15) is 32.7 Å². The number of amides is 1. The van der Waals surface area contributed by atoms with E-state index in [0.717, 1.165) is 12.0 Å². The zero-order chi connectivity index (χ0) is 16.9. The first kappa shape index (κ1) is 15.9. The molecule has 2 aromatic rings. The third-order valence-corrected chi connectivity index (χ3v) is 3.66. The van der Waals surface area contributed by atoms with Crippen LogP contribution in [-0.2, 0) is 6.54 Å². The molecule has 0 spiro atoms. The summed E-state index contributed by atoms with van der Waals surface area (Å²) in [7, 11) is 0. The van der Waals surface area contributed by atoms with Crippen molar-refractivity contribution in [2.24, 2.45) is 0 Å². The van der Waals surface area contributed by atoms with Crippen LogP contribution in [0.25, 0.3) is 0 Å². The van der Waals surface area contributed by atoms with Crippen molar-refractivity contribution in [2.75, 3.05) is 13.2 Å². The lowest BCUT2D eigenvalue weighted by Gasteiger charge is -2.10. The Morgan fingerprint density at radius 1 is 0.958 bits per heavy atom. The maximum Gasteiger partial charge on any atom is 0.335 e. The number of nitrogens with one attached hydrogen (secondary N) is 1. The van der Waals surface area contributed by atoms with E-state index in [4.69, 9.17) is 14.6 Å². The van der Waals surface area contributed by atoms with Crippen molar-refractivity contribution in [1.82, 2.24) is 5.32 Å². The largest absolute Gasteiger partial charge is 0.490 e. The molecule has 0 unspecified atom stereocenters. The number of carboxylic acids is 1. The van der Waals surface area contributed by atoms with E-state index in [0.29, 0.717) is 36.8 Å². The minimum atomic E-state index is -0.974. The third kappa shape index (κ3) is 3.65. The van der Waals surface area contributed by atoms with Crippen LogP contribution in [0.2, 0.25) is 0 Å². The summed E-state index contributed by atoms with van der Waals surface area (Å²) in [6.45, 7) is 1.48. The Kier molecular flexibility index (Phi) is 4.65. The number of carboxylic acid groups (broad SMARTS) is 1. The molecule has 0 atom stereocenters. The van der Waals surface area contributed by atoms with Crippen LogP contribution in [0.15, 0.2) is 42.5 Å². The number of carbonyl (C=O) groups excluding carboxylic acids is 1. The minimum Gasteiger partial charge on any atom is -0.490 e. The summed E-state index contributed by atoms with van der Waals surface area (Å²) in [5.41, 5.74) is 1.53. The first-order valence-electron chi connectivity index (χ1n) is 7.63. The summed E-state index contributed by atoms with van der Waals surface area (Å²) in [4.78, 5) is 23.1. The number of ether oxygens (including phenoxy) is 2. The van der Waals surface area contributed by atoms with E-state index < -0.39 is 5.97 Å². The van der Waals surface area contributed by atoms with Crippen molar-refractivity contribution >= 4 is 11.9 Å². The third-order valence-electron chi connectivity index (χ3n) is 3.66. The molecule has 2 N–H and O–H groups in total. The number of aromatic carboxylic acids is 1. The number of rotatable bonds is 4. The number of benzene rings is 2. The van der Waals surface area contributed by atoms with Crippen molar-refractivity contribution in [3.63, 3.8) is 0 Å². The highest BCUT2D eigenvalue weighted by Crippen LogP contribution is 2.30. The first-order valence-corrected chi connectivity index (χ1v) is 7.63. The van der Waals surface area contributed by atoms with E-state index in [9.17, 15) is 9.59 Å². The molecule has 0 saturated heterocycles. The van der Waals surface area contributed by atoms with Crippen LogP contribution in [0, 0.1) is 0 Å². The van der Waals surface area contributed by atoms with Crippen LogP contribution in [0.4, 0.5) is 0 Å². The van der Waals surface area contributed by atoms with E-state index in [-0.39, 0.29) is 11.5 Å². The maximum absolute atomic E-state index is 12.3. The van der Waals surface area contributed by atoms with Crippen molar-refractivity contribution < 1.29 is 24.2 Å². The van der Waals surface area contributed by atoms with Crippen LogP contribution in [-0.4, -0.2) is 30.2 Å². The van der Waals surface area contributed by atoms with E-state index in [1.807, 2.05) is 0 Å². The van der Waals surface area contributed by atoms with Crippen LogP contribution >= 0.6 is 0 Å². The van der Waals surface area contributed by atoms with Gasteiger partial charge in [-0.25, -0.2) is 4.79 Å². The summed E-state index contributed by atoms with van der Waals surface area (Å²) >= 11 is 0. The standard InChI is InChI=1S/C18H17NO5/c20-17(19-11-12-2-4-13(5-3-12)18(21)22)14-6-7-15-16(10-14)24-9-1-8-23-15/h2-7,10H,1,8-9,11H2,(H,19,20)(H,21,22). The van der Waals surface area contributed by atoms with Gasteiger partial charge >= 0.3 is 5.97 Å². The molecule has 0 saturated carbocycles. The Labute approximate surface area is 139 Å². The molecule has 1 aliphatic heterocycles. The Hall–Kier alpha value is -3.02. The zero-order valence-electron chi connectivity index (χ0n) is 13.0. The molecular formula is C18H17NO5. The smallest absolute Gasteiger partial charge is 0.335 e. The predicted molar refractivity (Wildman–Crippen MR) is 86.6 cm³/mol. The monoisotopic (exact) mass is 327 g/mol. The summed E-state index contributed by atoms with van der Waals surface area (Å²) in [6, 6.07) is 11.5. The fourth-order valence-corrected chi connectivity index (χ4v) is 2.35. The van der Waals surface area contributed by atoms with Crippen molar-refractivity contribution in [1.29, 1.82) is 0 Å². The average molecular weight is 327 g/mol. The first-order chi connectivity index (χ1) is 11.6. The summed E-state index contributed by atoms with van der Waals surface area (Å²) < 4.78 is 11.1. The van der Waals surface area contributed by atoms with Crippen molar-refractivity contribution in [3.8, 4) is 11.5 Å². The van der Waals surface area contributed by atoms with Gasteiger partial charge in [0.1, 0.15) is 0 Å². The topological polar surface area (TPSA) is 84.9 Å². The van der Waals surface area contributed by atoms with Gasteiger partial charge in [0.15, 0.2) is 11.5 Å².